The Kier molecular flexibility index (Phi) is 8.26. The molecule has 0 aliphatic heterocycles. The minimum absolute atomic E-state index is 0.132. The topological polar surface area (TPSA) is 130 Å². The van der Waals surface area contributed by atoms with E-state index in [1.54, 1.807) is 37.3 Å². The Balaban J connectivity index is 1.91. The Morgan fingerprint density at radius 2 is 1.83 bits per heavy atom. The van der Waals surface area contributed by atoms with Crippen LogP contribution in [0.1, 0.15) is 40.3 Å². The zero-order valence-electron chi connectivity index (χ0n) is 20.4. The maximum absolute atomic E-state index is 13.2. The van der Waals surface area contributed by atoms with Crippen LogP contribution in [0.15, 0.2) is 47.4 Å². The smallest absolute Gasteiger partial charge is 0.319 e. The molecule has 4 N–H and O–H groups in total. The molecule has 0 radical (unpaired) electrons. The summed E-state index contributed by atoms with van der Waals surface area (Å²) < 4.78 is 6.65. The van der Waals surface area contributed by atoms with E-state index < -0.39 is 30.0 Å². The number of aryl methyl sites for hydroxylation is 3. The summed E-state index contributed by atoms with van der Waals surface area (Å²) in [6.45, 7) is 5.44. The number of nitrogens with one attached hydrogen (secondary N) is 2. The van der Waals surface area contributed by atoms with E-state index in [1.807, 2.05) is 19.9 Å². The van der Waals surface area contributed by atoms with Crippen molar-refractivity contribution in [3.05, 3.63) is 85.8 Å². The molecule has 0 spiro atoms. The number of anilines is 1. The molecule has 0 fully saturated rings. The van der Waals surface area contributed by atoms with Crippen LogP contribution >= 0.6 is 11.6 Å². The molecular formula is C26H28ClN3O6. The molecule has 3 rings (SSSR count). The maximum Gasteiger partial charge on any atom is 0.319 e. The molecule has 36 heavy (non-hydrogen) atoms. The lowest BCUT2D eigenvalue weighted by atomic mass is 10.0. The summed E-state index contributed by atoms with van der Waals surface area (Å²) in [5.41, 5.74) is 2.37. The van der Waals surface area contributed by atoms with Gasteiger partial charge in [-0.05, 0) is 55.2 Å². The second-order valence-corrected chi connectivity index (χ2v) is 8.89. The first kappa shape index (κ1) is 26.6. The van der Waals surface area contributed by atoms with E-state index >= 15 is 0 Å². The number of aromatic hydroxyl groups is 1. The van der Waals surface area contributed by atoms with Crippen molar-refractivity contribution in [2.24, 2.45) is 0 Å². The van der Waals surface area contributed by atoms with Gasteiger partial charge in [-0.1, -0.05) is 35.9 Å². The number of ether oxygens (including phenoxy) is 1. The number of carbonyl (C=O) groups excluding carboxylic acids is 1. The van der Waals surface area contributed by atoms with Crippen molar-refractivity contribution >= 4 is 29.3 Å². The normalized spacial score (nSPS) is 11.6. The van der Waals surface area contributed by atoms with Crippen molar-refractivity contribution in [1.82, 2.24) is 9.88 Å². The predicted octanol–water partition coefficient (Wildman–Crippen LogP) is 4.53. The molecule has 1 heterocycles. The van der Waals surface area contributed by atoms with Crippen LogP contribution < -0.4 is 20.9 Å². The lowest BCUT2D eigenvalue weighted by Gasteiger charge is -2.20. The molecular weight excluding hydrogens is 486 g/mol. The van der Waals surface area contributed by atoms with Crippen molar-refractivity contribution in [1.29, 1.82) is 0 Å². The largest absolute Gasteiger partial charge is 0.505 e. The number of hydrogen-bond acceptors (Lipinski definition) is 5. The summed E-state index contributed by atoms with van der Waals surface area (Å²) in [7, 11) is 1.49. The van der Waals surface area contributed by atoms with E-state index in [0.717, 1.165) is 16.7 Å². The van der Waals surface area contributed by atoms with Crippen LogP contribution in [0.3, 0.4) is 0 Å². The number of halogens is 1. The molecule has 0 bridgehead atoms. The van der Waals surface area contributed by atoms with Gasteiger partial charge in [0, 0.05) is 16.8 Å². The number of benzene rings is 2. The zero-order chi connectivity index (χ0) is 26.6. The van der Waals surface area contributed by atoms with Crippen LogP contribution in [0.5, 0.6) is 11.5 Å². The summed E-state index contributed by atoms with van der Waals surface area (Å²) in [6, 6.07) is 8.72. The van der Waals surface area contributed by atoms with Gasteiger partial charge in [-0.25, -0.2) is 4.79 Å². The number of pyridine rings is 1. The van der Waals surface area contributed by atoms with Crippen molar-refractivity contribution in [3.8, 4) is 11.5 Å². The quantitative estimate of drug-likeness (QED) is 0.350. The molecule has 9 nitrogen and oxygen atoms in total. The number of carboxylic acid groups (broad SMARTS) is 1. The van der Waals surface area contributed by atoms with Gasteiger partial charge in [-0.15, -0.1) is 0 Å². The van der Waals surface area contributed by atoms with Gasteiger partial charge in [-0.2, -0.15) is 0 Å². The monoisotopic (exact) mass is 513 g/mol. The molecule has 0 unspecified atom stereocenters. The fourth-order valence-electron chi connectivity index (χ4n) is 3.85. The number of carbonyl (C=O) groups is 2. The van der Waals surface area contributed by atoms with E-state index in [1.165, 1.54) is 17.9 Å². The lowest BCUT2D eigenvalue weighted by Crippen LogP contribution is -2.36. The number of urea groups is 1. The molecule has 0 aliphatic rings. The first-order valence-corrected chi connectivity index (χ1v) is 11.5. The Hall–Kier alpha value is -3.98. The number of methoxy groups -OCH3 is 1. The molecule has 0 aliphatic carbocycles. The fourth-order valence-corrected chi connectivity index (χ4v) is 4.13. The average molecular weight is 514 g/mol. The van der Waals surface area contributed by atoms with E-state index in [9.17, 15) is 24.6 Å². The summed E-state index contributed by atoms with van der Waals surface area (Å²) >= 11 is 6.31. The van der Waals surface area contributed by atoms with E-state index in [0.29, 0.717) is 21.9 Å². The Morgan fingerprint density at radius 1 is 1.11 bits per heavy atom. The SMILES string of the molecule is COc1cc([C@H](CC(=O)O)NC(=O)Nc2c(O)c(C)cn(Cc3c(C)cccc3Cl)c2=O)ccc1C. The van der Waals surface area contributed by atoms with Gasteiger partial charge in [0.15, 0.2) is 5.69 Å². The molecule has 2 amide bonds. The van der Waals surface area contributed by atoms with E-state index in [-0.39, 0.29) is 18.0 Å². The van der Waals surface area contributed by atoms with Gasteiger partial charge in [-0.3, -0.25) is 9.59 Å². The molecule has 2 aromatic carbocycles. The van der Waals surface area contributed by atoms with Crippen molar-refractivity contribution < 1.29 is 24.5 Å². The number of carboxylic acids is 1. The highest BCUT2D eigenvalue weighted by Gasteiger charge is 2.22. The van der Waals surface area contributed by atoms with E-state index in [2.05, 4.69) is 10.6 Å². The van der Waals surface area contributed by atoms with Crippen LogP contribution in [0, 0.1) is 20.8 Å². The number of hydrogen-bond donors (Lipinski definition) is 4. The van der Waals surface area contributed by atoms with E-state index in [4.69, 9.17) is 16.3 Å². The number of amides is 2. The first-order valence-electron chi connectivity index (χ1n) is 11.1. The standard InChI is InChI=1S/C26H28ClN3O6/c1-14-6-5-7-19(27)18(14)13-30-12-16(3)24(33)23(25(30)34)29-26(35)28-20(11-22(31)32)17-9-8-15(2)21(10-17)36-4/h5-10,12,20,33H,11,13H2,1-4H3,(H,31,32)(H2,28,29,35)/t20-/m0/s1. The zero-order valence-corrected chi connectivity index (χ0v) is 21.1. The van der Waals surface area contributed by atoms with Crippen molar-refractivity contribution in [2.45, 2.75) is 39.8 Å². The van der Waals surface area contributed by atoms with Crippen LogP contribution in [0.25, 0.3) is 0 Å². The lowest BCUT2D eigenvalue weighted by molar-refractivity contribution is -0.137. The number of aliphatic carboxylic acids is 1. The third-order valence-corrected chi connectivity index (χ3v) is 6.23. The Labute approximate surface area is 213 Å². The second kappa shape index (κ2) is 11.2. The summed E-state index contributed by atoms with van der Waals surface area (Å²) in [5, 5.41) is 25.4. The van der Waals surface area contributed by atoms with Gasteiger partial charge in [0.1, 0.15) is 11.5 Å². The third kappa shape index (κ3) is 5.98. The molecule has 1 atom stereocenters. The molecule has 0 saturated carbocycles. The van der Waals surface area contributed by atoms with Crippen LogP contribution in [0.4, 0.5) is 10.5 Å². The van der Waals surface area contributed by atoms with Crippen LogP contribution in [-0.4, -0.2) is 33.9 Å². The first-order chi connectivity index (χ1) is 17.0. The minimum atomic E-state index is -1.13. The summed E-state index contributed by atoms with van der Waals surface area (Å²) in [6.07, 6.45) is 1.07. The molecule has 190 valence electrons. The van der Waals surface area contributed by atoms with Gasteiger partial charge in [0.25, 0.3) is 5.56 Å². The van der Waals surface area contributed by atoms with Gasteiger partial charge in [0.05, 0.1) is 26.1 Å². The number of aromatic nitrogens is 1. The van der Waals surface area contributed by atoms with Crippen molar-refractivity contribution in [2.75, 3.05) is 12.4 Å². The molecule has 1 aromatic heterocycles. The summed E-state index contributed by atoms with van der Waals surface area (Å²) in [5.74, 6) is -0.969. The maximum atomic E-state index is 13.2. The number of rotatable bonds is 8. The fraction of sp³-hybridized carbons (Fsp3) is 0.269. The highest BCUT2D eigenvalue weighted by molar-refractivity contribution is 6.31. The van der Waals surface area contributed by atoms with Crippen LogP contribution in [0.2, 0.25) is 5.02 Å². The van der Waals surface area contributed by atoms with Crippen molar-refractivity contribution in [3.63, 3.8) is 0 Å². The Morgan fingerprint density at radius 3 is 2.47 bits per heavy atom. The second-order valence-electron chi connectivity index (χ2n) is 8.48. The highest BCUT2D eigenvalue weighted by atomic mass is 35.5. The molecule has 3 aromatic rings. The van der Waals surface area contributed by atoms with Gasteiger partial charge >= 0.3 is 12.0 Å². The molecule has 10 heteroatoms. The summed E-state index contributed by atoms with van der Waals surface area (Å²) in [4.78, 5) is 37.5. The van der Waals surface area contributed by atoms with Gasteiger partial charge in [0.2, 0.25) is 0 Å². The van der Waals surface area contributed by atoms with Gasteiger partial charge < -0.3 is 30.2 Å². The van der Waals surface area contributed by atoms with Crippen LogP contribution in [-0.2, 0) is 11.3 Å². The third-order valence-electron chi connectivity index (χ3n) is 5.87. The predicted molar refractivity (Wildman–Crippen MR) is 137 cm³/mol. The highest BCUT2D eigenvalue weighted by Crippen LogP contribution is 2.27. The molecule has 0 saturated heterocycles. The average Bonchev–Trinajstić information content (AvgIpc) is 2.82. The number of nitrogens with zero attached hydrogens (tertiary/aromatic N) is 1. The Bertz CT molecular complexity index is 1350. The minimum Gasteiger partial charge on any atom is -0.505 e.